The summed E-state index contributed by atoms with van der Waals surface area (Å²) in [4.78, 5) is 13.9. The van der Waals surface area contributed by atoms with Gasteiger partial charge in [0.05, 0.1) is 11.4 Å². The monoisotopic (exact) mass is 316 g/mol. The predicted molar refractivity (Wildman–Crippen MR) is 77.7 cm³/mol. The third-order valence-electron chi connectivity index (χ3n) is 3.50. The van der Waals surface area contributed by atoms with E-state index < -0.39 is 10.2 Å². The lowest BCUT2D eigenvalue weighted by Crippen LogP contribution is -2.52. The molecule has 10 heteroatoms. The van der Waals surface area contributed by atoms with Crippen molar-refractivity contribution in [3.8, 4) is 0 Å². The fourth-order valence-corrected chi connectivity index (χ4v) is 2.93. The van der Waals surface area contributed by atoms with Gasteiger partial charge < -0.3 is 10.6 Å². The van der Waals surface area contributed by atoms with Gasteiger partial charge in [-0.2, -0.15) is 17.8 Å². The summed E-state index contributed by atoms with van der Waals surface area (Å²) in [7, 11) is -3.71. The Bertz CT molecular complexity index is 630. The van der Waals surface area contributed by atoms with Crippen molar-refractivity contribution >= 4 is 21.8 Å². The van der Waals surface area contributed by atoms with E-state index in [9.17, 15) is 13.2 Å². The van der Waals surface area contributed by atoms with Crippen LogP contribution in [0.4, 0.5) is 5.69 Å². The number of nitrogens with zero attached hydrogens (tertiary/aromatic N) is 3. The van der Waals surface area contributed by atoms with Crippen molar-refractivity contribution in [3.05, 3.63) is 11.4 Å². The molecular weight excluding hydrogens is 296 g/mol. The number of aromatic nitrogens is 2. The number of hydrogen-bond acceptors (Lipinski definition) is 5. The molecule has 0 aliphatic carbocycles. The van der Waals surface area contributed by atoms with Crippen LogP contribution in [0.1, 0.15) is 35.9 Å². The first-order chi connectivity index (χ1) is 9.71. The molecule has 0 saturated carbocycles. The van der Waals surface area contributed by atoms with Gasteiger partial charge >= 0.3 is 0 Å². The second-order valence-electron chi connectivity index (χ2n) is 5.29. The molecule has 118 valence electrons. The van der Waals surface area contributed by atoms with Gasteiger partial charge in [0.2, 0.25) is 0 Å². The van der Waals surface area contributed by atoms with Crippen molar-refractivity contribution < 1.29 is 13.2 Å². The number of nitrogens with one attached hydrogen (secondary N) is 1. The largest absolute Gasteiger partial charge is 0.395 e. The summed E-state index contributed by atoms with van der Waals surface area (Å²) >= 11 is 0. The topological polar surface area (TPSA) is 138 Å². The van der Waals surface area contributed by atoms with Crippen molar-refractivity contribution in [2.45, 2.75) is 19.8 Å². The van der Waals surface area contributed by atoms with Crippen LogP contribution < -0.4 is 10.9 Å². The molecule has 1 aromatic rings. The summed E-state index contributed by atoms with van der Waals surface area (Å²) in [5, 5.41) is 11.8. The Balaban J connectivity index is 2.09. The summed E-state index contributed by atoms with van der Waals surface area (Å²) in [6, 6.07) is 0. The molecule has 5 N–H and O–H groups in total. The number of H-pyrrole nitrogens is 1. The molecular formula is C11H20N6O3S. The first kappa shape index (κ1) is 15.7. The number of nitrogen functional groups attached to an aromatic ring is 1. The number of hydrogen-bond donors (Lipinski definition) is 3. The van der Waals surface area contributed by atoms with Crippen LogP contribution in [0.3, 0.4) is 0 Å². The molecule has 0 aromatic carbocycles. The lowest BCUT2D eigenvalue weighted by Gasteiger charge is -2.32. The smallest absolute Gasteiger partial charge is 0.277 e. The summed E-state index contributed by atoms with van der Waals surface area (Å²) in [6.45, 7) is 4.76. The van der Waals surface area contributed by atoms with Crippen molar-refractivity contribution in [2.75, 3.05) is 31.9 Å². The fraction of sp³-hybridized carbons (Fsp3) is 0.636. The maximum absolute atomic E-state index is 12.4. The molecule has 21 heavy (non-hydrogen) atoms. The zero-order valence-corrected chi connectivity index (χ0v) is 12.9. The number of carbonyl (C=O) groups is 1. The van der Waals surface area contributed by atoms with Crippen LogP contribution >= 0.6 is 0 Å². The van der Waals surface area contributed by atoms with Gasteiger partial charge in [0.25, 0.3) is 16.1 Å². The maximum Gasteiger partial charge on any atom is 0.277 e. The Morgan fingerprint density at radius 3 is 2.29 bits per heavy atom. The Kier molecular flexibility index (Phi) is 4.21. The lowest BCUT2D eigenvalue weighted by molar-refractivity contribution is 0.0693. The number of carbonyl (C=O) groups excluding carboxylic acids is 1. The molecule has 0 atom stereocenters. The molecule has 9 nitrogen and oxygen atoms in total. The van der Waals surface area contributed by atoms with Crippen LogP contribution in [0.25, 0.3) is 0 Å². The Labute approximate surface area is 123 Å². The van der Waals surface area contributed by atoms with Crippen LogP contribution in [0.2, 0.25) is 0 Å². The van der Waals surface area contributed by atoms with Crippen molar-refractivity contribution in [1.29, 1.82) is 0 Å². The quantitative estimate of drug-likeness (QED) is 0.661. The van der Waals surface area contributed by atoms with Gasteiger partial charge in [-0.25, -0.2) is 5.14 Å². The number of anilines is 1. The summed E-state index contributed by atoms with van der Waals surface area (Å²) in [5.41, 5.74) is 7.20. The van der Waals surface area contributed by atoms with E-state index in [2.05, 4.69) is 10.2 Å². The predicted octanol–water partition coefficient (Wildman–Crippen LogP) is -0.923. The second kappa shape index (κ2) is 5.62. The average Bonchev–Trinajstić information content (AvgIpc) is 2.79. The fourth-order valence-electron chi connectivity index (χ4n) is 2.26. The van der Waals surface area contributed by atoms with E-state index in [4.69, 9.17) is 10.9 Å². The molecule has 0 bridgehead atoms. The highest BCUT2D eigenvalue weighted by atomic mass is 32.2. The number of nitrogens with two attached hydrogens (primary N) is 2. The molecule has 0 radical (unpaired) electrons. The molecule has 1 aliphatic heterocycles. The van der Waals surface area contributed by atoms with Crippen LogP contribution in [0, 0.1) is 0 Å². The van der Waals surface area contributed by atoms with Gasteiger partial charge in [-0.05, 0) is 5.92 Å². The SMILES string of the molecule is CC(C)c1[nH]nc(C(=O)N2CCN(S(N)(=O)=O)CC2)c1N. The van der Waals surface area contributed by atoms with Gasteiger partial charge in [0, 0.05) is 26.2 Å². The highest BCUT2D eigenvalue weighted by molar-refractivity contribution is 7.86. The molecule has 1 saturated heterocycles. The second-order valence-corrected chi connectivity index (χ2v) is 6.84. The molecule has 0 unspecified atom stereocenters. The molecule has 1 fully saturated rings. The van der Waals surface area contributed by atoms with E-state index in [0.29, 0.717) is 5.69 Å². The van der Waals surface area contributed by atoms with E-state index in [-0.39, 0.29) is 43.7 Å². The molecule has 2 rings (SSSR count). The number of piperazine rings is 1. The van der Waals surface area contributed by atoms with Crippen LogP contribution in [-0.4, -0.2) is 59.9 Å². The molecule has 1 aliphatic rings. The van der Waals surface area contributed by atoms with Gasteiger partial charge in [0.1, 0.15) is 0 Å². The Morgan fingerprint density at radius 2 is 1.86 bits per heavy atom. The van der Waals surface area contributed by atoms with Crippen molar-refractivity contribution in [2.24, 2.45) is 5.14 Å². The molecule has 0 spiro atoms. The van der Waals surface area contributed by atoms with Crippen molar-refractivity contribution in [3.63, 3.8) is 0 Å². The van der Waals surface area contributed by atoms with E-state index >= 15 is 0 Å². The first-order valence-corrected chi connectivity index (χ1v) is 8.13. The highest BCUT2D eigenvalue weighted by Crippen LogP contribution is 2.23. The zero-order valence-electron chi connectivity index (χ0n) is 12.0. The van der Waals surface area contributed by atoms with E-state index in [0.717, 1.165) is 10.00 Å². The average molecular weight is 316 g/mol. The first-order valence-electron chi connectivity index (χ1n) is 6.62. The normalized spacial score (nSPS) is 17.4. The minimum absolute atomic E-state index is 0.137. The molecule has 2 heterocycles. The van der Waals surface area contributed by atoms with Gasteiger partial charge in [-0.1, -0.05) is 13.8 Å². The highest BCUT2D eigenvalue weighted by Gasteiger charge is 2.29. The Hall–Kier alpha value is -1.65. The third-order valence-corrected chi connectivity index (χ3v) is 4.58. The zero-order chi connectivity index (χ0) is 15.8. The van der Waals surface area contributed by atoms with E-state index in [1.54, 1.807) is 0 Å². The number of amides is 1. The molecule has 1 aromatic heterocycles. The summed E-state index contributed by atoms with van der Waals surface area (Å²) in [6.07, 6.45) is 0. The summed E-state index contributed by atoms with van der Waals surface area (Å²) < 4.78 is 23.6. The Morgan fingerprint density at radius 1 is 1.29 bits per heavy atom. The van der Waals surface area contributed by atoms with Gasteiger partial charge in [-0.3, -0.25) is 9.89 Å². The minimum atomic E-state index is -3.71. The van der Waals surface area contributed by atoms with Crippen LogP contribution in [0.5, 0.6) is 0 Å². The van der Waals surface area contributed by atoms with Gasteiger partial charge in [-0.15, -0.1) is 0 Å². The number of aromatic amines is 1. The lowest BCUT2D eigenvalue weighted by atomic mass is 10.1. The van der Waals surface area contributed by atoms with E-state index in [1.165, 1.54) is 4.90 Å². The van der Waals surface area contributed by atoms with E-state index in [1.807, 2.05) is 13.8 Å². The minimum Gasteiger partial charge on any atom is -0.395 e. The molecule has 1 amide bonds. The van der Waals surface area contributed by atoms with Gasteiger partial charge in [0.15, 0.2) is 5.69 Å². The standard InChI is InChI=1S/C11H20N6O3S/c1-7(2)9-8(12)10(15-14-9)11(18)16-3-5-17(6-4-16)21(13,19)20/h7H,3-6,12H2,1-2H3,(H,14,15)(H2,13,19,20). The maximum atomic E-state index is 12.4. The van der Waals surface area contributed by atoms with Crippen LogP contribution in [0.15, 0.2) is 0 Å². The number of rotatable bonds is 3. The van der Waals surface area contributed by atoms with Crippen LogP contribution in [-0.2, 0) is 10.2 Å². The third kappa shape index (κ3) is 3.17. The summed E-state index contributed by atoms with van der Waals surface area (Å²) in [5.74, 6) is -0.164. The van der Waals surface area contributed by atoms with Crippen molar-refractivity contribution in [1.82, 2.24) is 19.4 Å².